The average molecular weight is 301 g/mol. The highest BCUT2D eigenvalue weighted by Gasteiger charge is 2.43. The molecule has 3 N–H and O–H groups in total. The third-order valence-electron chi connectivity index (χ3n) is 5.45. The Morgan fingerprint density at radius 3 is 2.68 bits per heavy atom. The number of nitrogens with one attached hydrogen (secondary N) is 1. The topological polar surface area (TPSA) is 58.4 Å². The number of likely N-dealkylation sites (tertiary alicyclic amines) is 1. The van der Waals surface area contributed by atoms with E-state index in [-0.39, 0.29) is 11.3 Å². The van der Waals surface area contributed by atoms with Crippen LogP contribution in [-0.4, -0.2) is 43.5 Å². The molecule has 0 aromatic heterocycles. The van der Waals surface area contributed by atoms with Gasteiger partial charge in [-0.1, -0.05) is 30.3 Å². The zero-order chi connectivity index (χ0) is 15.4. The van der Waals surface area contributed by atoms with Gasteiger partial charge in [0.05, 0.1) is 6.54 Å². The average Bonchev–Trinajstić information content (AvgIpc) is 2.56. The van der Waals surface area contributed by atoms with Crippen LogP contribution in [0.25, 0.3) is 0 Å². The molecule has 1 aromatic carbocycles. The third kappa shape index (κ3) is 3.18. The first-order chi connectivity index (χ1) is 10.7. The Balaban J connectivity index is 1.90. The van der Waals surface area contributed by atoms with E-state index in [4.69, 9.17) is 5.73 Å². The Labute approximate surface area is 133 Å². The molecular weight excluding hydrogens is 274 g/mol. The predicted octanol–water partition coefficient (Wildman–Crippen LogP) is 1.51. The van der Waals surface area contributed by atoms with Crippen LogP contribution in [0.15, 0.2) is 30.3 Å². The minimum atomic E-state index is -0.214. The minimum absolute atomic E-state index is 0.178. The van der Waals surface area contributed by atoms with Crippen LogP contribution < -0.4 is 11.1 Å². The summed E-state index contributed by atoms with van der Waals surface area (Å²) in [6, 6.07) is 10.9. The maximum Gasteiger partial charge on any atom is 0.231 e. The van der Waals surface area contributed by atoms with Crippen LogP contribution in [-0.2, 0) is 10.2 Å². The van der Waals surface area contributed by atoms with Gasteiger partial charge >= 0.3 is 0 Å². The van der Waals surface area contributed by atoms with E-state index in [1.54, 1.807) is 0 Å². The maximum atomic E-state index is 11.4. The SMILES string of the molecule is NC(=O)CN1CCCC(c2ccccc2)(C2CCNCC2)C1. The molecule has 1 unspecified atom stereocenters. The van der Waals surface area contributed by atoms with Crippen molar-refractivity contribution in [3.63, 3.8) is 0 Å². The van der Waals surface area contributed by atoms with Crippen molar-refractivity contribution in [1.29, 1.82) is 0 Å². The van der Waals surface area contributed by atoms with Gasteiger partial charge in [-0.3, -0.25) is 9.69 Å². The molecule has 2 heterocycles. The molecule has 2 aliphatic rings. The number of carbonyl (C=O) groups is 1. The first kappa shape index (κ1) is 15.5. The fourth-order valence-electron chi connectivity index (χ4n) is 4.48. The number of piperidine rings is 2. The van der Waals surface area contributed by atoms with Gasteiger partial charge in [-0.2, -0.15) is 0 Å². The lowest BCUT2D eigenvalue weighted by Crippen LogP contribution is -2.54. The molecule has 4 nitrogen and oxygen atoms in total. The van der Waals surface area contributed by atoms with E-state index in [0.29, 0.717) is 12.5 Å². The molecular formula is C18H27N3O. The largest absolute Gasteiger partial charge is 0.369 e. The maximum absolute atomic E-state index is 11.4. The lowest BCUT2D eigenvalue weighted by molar-refractivity contribution is -0.119. The van der Waals surface area contributed by atoms with Crippen LogP contribution in [0.5, 0.6) is 0 Å². The fourth-order valence-corrected chi connectivity index (χ4v) is 4.48. The molecule has 0 saturated carbocycles. The van der Waals surface area contributed by atoms with Gasteiger partial charge in [0.2, 0.25) is 5.91 Å². The normalized spacial score (nSPS) is 27.6. The monoisotopic (exact) mass is 301 g/mol. The predicted molar refractivity (Wildman–Crippen MR) is 88.6 cm³/mol. The summed E-state index contributed by atoms with van der Waals surface area (Å²) >= 11 is 0. The number of rotatable bonds is 4. The standard InChI is InChI=1S/C18H27N3O/c19-17(22)13-21-12-4-9-18(14-21,15-5-2-1-3-6-15)16-7-10-20-11-8-16/h1-3,5-6,16,20H,4,7-14H2,(H2,19,22). The molecule has 3 rings (SSSR count). The van der Waals surface area contributed by atoms with E-state index < -0.39 is 0 Å². The van der Waals surface area contributed by atoms with Crippen molar-refractivity contribution in [2.45, 2.75) is 31.1 Å². The Hall–Kier alpha value is -1.39. The Morgan fingerprint density at radius 2 is 2.00 bits per heavy atom. The molecule has 120 valence electrons. The number of carbonyl (C=O) groups excluding carboxylic acids is 1. The van der Waals surface area contributed by atoms with Gasteiger partial charge in [-0.05, 0) is 56.8 Å². The quantitative estimate of drug-likeness (QED) is 0.886. The highest BCUT2D eigenvalue weighted by molar-refractivity contribution is 5.75. The van der Waals surface area contributed by atoms with E-state index in [0.717, 1.165) is 32.6 Å². The summed E-state index contributed by atoms with van der Waals surface area (Å²) in [6.45, 7) is 4.55. The molecule has 0 bridgehead atoms. The van der Waals surface area contributed by atoms with Crippen molar-refractivity contribution in [3.8, 4) is 0 Å². The molecule has 1 aromatic rings. The summed E-state index contributed by atoms with van der Waals surface area (Å²) in [4.78, 5) is 13.6. The first-order valence-corrected chi connectivity index (χ1v) is 8.48. The second-order valence-corrected chi connectivity index (χ2v) is 6.83. The van der Waals surface area contributed by atoms with Gasteiger partial charge in [0, 0.05) is 12.0 Å². The molecule has 2 aliphatic heterocycles. The number of hydrogen-bond acceptors (Lipinski definition) is 3. The van der Waals surface area contributed by atoms with E-state index in [1.807, 2.05) is 0 Å². The van der Waals surface area contributed by atoms with E-state index >= 15 is 0 Å². The van der Waals surface area contributed by atoms with Gasteiger partial charge in [0.25, 0.3) is 0 Å². The summed E-state index contributed by atoms with van der Waals surface area (Å²) in [5.41, 5.74) is 7.06. The molecule has 0 aliphatic carbocycles. The number of primary amides is 1. The Morgan fingerprint density at radius 1 is 1.27 bits per heavy atom. The van der Waals surface area contributed by atoms with Crippen LogP contribution in [0, 0.1) is 5.92 Å². The molecule has 2 saturated heterocycles. The van der Waals surface area contributed by atoms with Crippen molar-refractivity contribution < 1.29 is 4.79 Å². The second kappa shape index (κ2) is 6.80. The highest BCUT2D eigenvalue weighted by atomic mass is 16.1. The molecule has 1 atom stereocenters. The van der Waals surface area contributed by atoms with E-state index in [1.165, 1.54) is 24.8 Å². The summed E-state index contributed by atoms with van der Waals surface area (Å²) < 4.78 is 0. The van der Waals surface area contributed by atoms with Crippen LogP contribution >= 0.6 is 0 Å². The second-order valence-electron chi connectivity index (χ2n) is 6.83. The summed E-state index contributed by atoms with van der Waals surface area (Å²) in [5, 5.41) is 3.48. The van der Waals surface area contributed by atoms with Gasteiger partial charge < -0.3 is 11.1 Å². The zero-order valence-corrected chi connectivity index (χ0v) is 13.3. The minimum Gasteiger partial charge on any atom is -0.369 e. The van der Waals surface area contributed by atoms with Crippen molar-refractivity contribution in [2.75, 3.05) is 32.7 Å². The lowest BCUT2D eigenvalue weighted by atomic mass is 9.63. The van der Waals surface area contributed by atoms with Gasteiger partial charge in [0.1, 0.15) is 0 Å². The van der Waals surface area contributed by atoms with Gasteiger partial charge in [0.15, 0.2) is 0 Å². The van der Waals surface area contributed by atoms with Crippen molar-refractivity contribution in [3.05, 3.63) is 35.9 Å². The summed E-state index contributed by atoms with van der Waals surface area (Å²) in [5.74, 6) is 0.473. The van der Waals surface area contributed by atoms with Crippen molar-refractivity contribution in [1.82, 2.24) is 10.2 Å². The number of amides is 1. The van der Waals surface area contributed by atoms with Crippen molar-refractivity contribution >= 4 is 5.91 Å². The number of hydrogen-bond donors (Lipinski definition) is 2. The summed E-state index contributed by atoms with van der Waals surface area (Å²) in [6.07, 6.45) is 4.81. The molecule has 22 heavy (non-hydrogen) atoms. The fraction of sp³-hybridized carbons (Fsp3) is 0.611. The molecule has 2 fully saturated rings. The molecule has 4 heteroatoms. The first-order valence-electron chi connectivity index (χ1n) is 8.48. The summed E-state index contributed by atoms with van der Waals surface area (Å²) in [7, 11) is 0. The molecule has 0 radical (unpaired) electrons. The van der Waals surface area contributed by atoms with Crippen LogP contribution in [0.4, 0.5) is 0 Å². The van der Waals surface area contributed by atoms with Crippen molar-refractivity contribution in [2.24, 2.45) is 11.7 Å². The van der Waals surface area contributed by atoms with Crippen LogP contribution in [0.1, 0.15) is 31.2 Å². The van der Waals surface area contributed by atoms with Gasteiger partial charge in [-0.15, -0.1) is 0 Å². The van der Waals surface area contributed by atoms with E-state index in [9.17, 15) is 4.79 Å². The Kier molecular flexibility index (Phi) is 4.79. The van der Waals surface area contributed by atoms with Gasteiger partial charge in [-0.25, -0.2) is 0 Å². The number of nitrogens with zero attached hydrogens (tertiary/aromatic N) is 1. The highest BCUT2D eigenvalue weighted by Crippen LogP contribution is 2.44. The molecule has 0 spiro atoms. The zero-order valence-electron chi connectivity index (χ0n) is 13.3. The number of benzene rings is 1. The Bertz CT molecular complexity index is 498. The smallest absolute Gasteiger partial charge is 0.231 e. The molecule has 1 amide bonds. The third-order valence-corrected chi connectivity index (χ3v) is 5.45. The number of nitrogens with two attached hydrogens (primary N) is 1. The van der Waals surface area contributed by atoms with Crippen LogP contribution in [0.3, 0.4) is 0 Å². The van der Waals surface area contributed by atoms with E-state index in [2.05, 4.69) is 40.5 Å². The van der Waals surface area contributed by atoms with Crippen LogP contribution in [0.2, 0.25) is 0 Å². The lowest BCUT2D eigenvalue weighted by Gasteiger charge is -2.49.